The van der Waals surface area contributed by atoms with Crippen molar-refractivity contribution in [1.29, 1.82) is 0 Å². The Balaban J connectivity index is 1.54. The number of aromatic nitrogens is 2. The van der Waals surface area contributed by atoms with Crippen LogP contribution in [0, 0.1) is 0 Å². The Morgan fingerprint density at radius 1 is 0.875 bits per heavy atom. The molecule has 10 heteroatoms. The number of nitrogens with zero attached hydrogens (tertiary/aromatic N) is 2. The van der Waals surface area contributed by atoms with Crippen LogP contribution in [0.4, 0.5) is 5.82 Å². The molecule has 1 N–H and O–H groups in total. The monoisotopic (exact) mass is 513 g/mol. The van der Waals surface area contributed by atoms with Gasteiger partial charge < -0.3 is 14.2 Å². The number of benzene rings is 3. The predicted octanol–water partition coefficient (Wildman–Crippen LogP) is 4.76. The highest BCUT2D eigenvalue weighted by Gasteiger charge is 2.23. The minimum absolute atomic E-state index is 0.00583. The van der Waals surface area contributed by atoms with Crippen molar-refractivity contribution in [3.05, 3.63) is 71.2 Å². The summed E-state index contributed by atoms with van der Waals surface area (Å²) in [7, 11) is -4.01. The molecule has 0 aliphatic carbocycles. The minimum Gasteiger partial charge on any atom is -0.486 e. The number of ether oxygens (including phenoxy) is 3. The van der Waals surface area contributed by atoms with E-state index in [0.29, 0.717) is 41.5 Å². The Morgan fingerprint density at radius 3 is 2.31 bits per heavy atom. The van der Waals surface area contributed by atoms with Crippen molar-refractivity contribution in [2.75, 3.05) is 17.9 Å². The van der Waals surface area contributed by atoms with E-state index in [2.05, 4.69) is 30.6 Å². The quantitative estimate of drug-likeness (QED) is 0.410. The van der Waals surface area contributed by atoms with Gasteiger partial charge in [0.1, 0.15) is 19.0 Å². The Bertz CT molecular complexity index is 1410. The van der Waals surface area contributed by atoms with Crippen LogP contribution in [0.15, 0.2) is 76.1 Å². The van der Waals surface area contributed by atoms with Crippen LogP contribution < -0.4 is 18.9 Å². The van der Waals surface area contributed by atoms with Gasteiger partial charge in [-0.1, -0.05) is 28.1 Å². The van der Waals surface area contributed by atoms with Gasteiger partial charge in [-0.25, -0.2) is 18.4 Å². The molecular weight excluding hydrogens is 498 g/mol. The van der Waals surface area contributed by atoms with Crippen LogP contribution in [0.5, 0.6) is 23.1 Å². The van der Waals surface area contributed by atoms with Gasteiger partial charge in [-0.15, -0.1) is 0 Å². The molecule has 2 heterocycles. The summed E-state index contributed by atoms with van der Waals surface area (Å²) in [4.78, 5) is 8.92. The number of hydrogen-bond acceptors (Lipinski definition) is 7. The van der Waals surface area contributed by atoms with Crippen molar-refractivity contribution in [2.45, 2.75) is 4.90 Å². The molecule has 1 aromatic heterocycles. The second-order valence-corrected chi connectivity index (χ2v) is 9.43. The maximum absolute atomic E-state index is 13.1. The molecule has 4 aromatic rings. The van der Waals surface area contributed by atoms with Crippen molar-refractivity contribution in [3.63, 3.8) is 0 Å². The van der Waals surface area contributed by atoms with Crippen LogP contribution in [0.1, 0.15) is 0 Å². The topological polar surface area (TPSA) is 99.6 Å². The summed E-state index contributed by atoms with van der Waals surface area (Å²) in [5, 5.41) is 0. The molecular formula is C22H16BrN3O5S. The van der Waals surface area contributed by atoms with Gasteiger partial charge in [-0.2, -0.15) is 0 Å². The third kappa shape index (κ3) is 4.19. The van der Waals surface area contributed by atoms with E-state index in [1.165, 1.54) is 12.1 Å². The molecule has 0 unspecified atom stereocenters. The van der Waals surface area contributed by atoms with Crippen LogP contribution in [0.2, 0.25) is 0 Å². The third-order valence-electron chi connectivity index (χ3n) is 4.62. The summed E-state index contributed by atoms with van der Waals surface area (Å²) >= 11 is 3.38. The van der Waals surface area contributed by atoms with Crippen molar-refractivity contribution in [2.24, 2.45) is 0 Å². The number of nitrogens with one attached hydrogen (secondary N) is 1. The van der Waals surface area contributed by atoms with Gasteiger partial charge in [0.05, 0.1) is 15.9 Å². The molecule has 0 spiro atoms. The van der Waals surface area contributed by atoms with Gasteiger partial charge in [0, 0.05) is 10.5 Å². The molecule has 1 aliphatic rings. The molecule has 8 nitrogen and oxygen atoms in total. The first kappa shape index (κ1) is 20.5. The van der Waals surface area contributed by atoms with E-state index < -0.39 is 10.0 Å². The van der Waals surface area contributed by atoms with Gasteiger partial charge in [0.2, 0.25) is 5.82 Å². The fourth-order valence-corrected chi connectivity index (χ4v) is 4.39. The van der Waals surface area contributed by atoms with Crippen LogP contribution in [0.3, 0.4) is 0 Å². The van der Waals surface area contributed by atoms with Gasteiger partial charge in [-0.05, 0) is 48.5 Å². The van der Waals surface area contributed by atoms with Crippen LogP contribution in [-0.4, -0.2) is 31.6 Å². The summed E-state index contributed by atoms with van der Waals surface area (Å²) in [5.74, 6) is 1.36. The molecule has 3 aromatic carbocycles. The summed E-state index contributed by atoms with van der Waals surface area (Å²) in [6.07, 6.45) is 0. The van der Waals surface area contributed by atoms with E-state index in [4.69, 9.17) is 14.2 Å². The second-order valence-electron chi connectivity index (χ2n) is 6.83. The van der Waals surface area contributed by atoms with Crippen LogP contribution in [0.25, 0.3) is 11.0 Å². The highest BCUT2D eigenvalue weighted by atomic mass is 79.9. The average molecular weight is 514 g/mol. The fraction of sp³-hybridized carbons (Fsp3) is 0.0909. The lowest BCUT2D eigenvalue weighted by molar-refractivity contribution is 0.171. The SMILES string of the molecule is O=S(=O)(Nc1nc2ccccc2nc1Oc1ccc(Br)cc1)c1ccc2c(c1)OCCO2. The number of hydrogen-bond donors (Lipinski definition) is 1. The van der Waals surface area contributed by atoms with Crippen molar-refractivity contribution in [1.82, 2.24) is 9.97 Å². The van der Waals surface area contributed by atoms with Crippen molar-refractivity contribution >= 4 is 42.8 Å². The molecule has 5 rings (SSSR count). The van der Waals surface area contributed by atoms with Gasteiger partial charge >= 0.3 is 0 Å². The Labute approximate surface area is 192 Å². The average Bonchev–Trinajstić information content (AvgIpc) is 2.80. The smallest absolute Gasteiger partial charge is 0.264 e. The molecule has 32 heavy (non-hydrogen) atoms. The van der Waals surface area contributed by atoms with E-state index in [-0.39, 0.29) is 16.6 Å². The first-order chi connectivity index (χ1) is 15.5. The zero-order valence-corrected chi connectivity index (χ0v) is 18.9. The Morgan fingerprint density at radius 2 is 1.56 bits per heavy atom. The number of anilines is 1. The fourth-order valence-electron chi connectivity index (χ4n) is 3.11. The zero-order valence-electron chi connectivity index (χ0n) is 16.5. The molecule has 1 aliphatic heterocycles. The summed E-state index contributed by atoms with van der Waals surface area (Å²) in [6.45, 7) is 0.770. The molecule has 0 bridgehead atoms. The summed E-state index contributed by atoms with van der Waals surface area (Å²) < 4.78 is 46.5. The minimum atomic E-state index is -4.01. The highest BCUT2D eigenvalue weighted by Crippen LogP contribution is 2.34. The van der Waals surface area contributed by atoms with Gasteiger partial charge in [0.25, 0.3) is 15.9 Å². The number of sulfonamides is 1. The molecule has 0 radical (unpaired) electrons. The Kier molecular flexibility index (Phi) is 5.32. The second kappa shape index (κ2) is 8.29. The highest BCUT2D eigenvalue weighted by molar-refractivity contribution is 9.10. The third-order valence-corrected chi connectivity index (χ3v) is 6.49. The summed E-state index contributed by atoms with van der Waals surface area (Å²) in [5.41, 5.74) is 1.09. The van der Waals surface area contributed by atoms with Crippen molar-refractivity contribution in [3.8, 4) is 23.1 Å². The van der Waals surface area contributed by atoms with Gasteiger partial charge in [-0.3, -0.25) is 4.72 Å². The normalized spacial score (nSPS) is 13.0. The van der Waals surface area contributed by atoms with Crippen LogP contribution >= 0.6 is 15.9 Å². The number of fused-ring (bicyclic) bond motifs is 2. The van der Waals surface area contributed by atoms with E-state index in [0.717, 1.165) is 4.47 Å². The molecule has 0 saturated heterocycles. The zero-order chi connectivity index (χ0) is 22.1. The lowest BCUT2D eigenvalue weighted by atomic mass is 10.3. The first-order valence-corrected chi connectivity index (χ1v) is 11.9. The molecule has 162 valence electrons. The lowest BCUT2D eigenvalue weighted by Gasteiger charge is -2.19. The maximum atomic E-state index is 13.1. The van der Waals surface area contributed by atoms with E-state index in [9.17, 15) is 8.42 Å². The standard InChI is InChI=1S/C22H16BrN3O5S/c23-14-5-7-15(8-6-14)31-22-21(24-17-3-1-2-4-18(17)25-22)26-32(27,28)16-9-10-19-20(13-16)30-12-11-29-19/h1-10,13H,11-12H2,(H,24,26). The molecule has 0 saturated carbocycles. The van der Waals surface area contributed by atoms with Gasteiger partial charge in [0.15, 0.2) is 11.5 Å². The van der Waals surface area contributed by atoms with Crippen LogP contribution in [-0.2, 0) is 10.0 Å². The van der Waals surface area contributed by atoms with E-state index in [1.807, 2.05) is 18.2 Å². The maximum Gasteiger partial charge on any atom is 0.264 e. The van der Waals surface area contributed by atoms with Crippen molar-refractivity contribution < 1.29 is 22.6 Å². The predicted molar refractivity (Wildman–Crippen MR) is 122 cm³/mol. The largest absolute Gasteiger partial charge is 0.486 e. The Hall–Kier alpha value is -3.37. The van der Waals surface area contributed by atoms with E-state index >= 15 is 0 Å². The first-order valence-electron chi connectivity index (χ1n) is 9.61. The number of para-hydroxylation sites is 2. The molecule has 0 amide bonds. The number of rotatable bonds is 5. The molecule has 0 atom stereocenters. The molecule has 0 fully saturated rings. The van der Waals surface area contributed by atoms with E-state index in [1.54, 1.807) is 36.4 Å². The number of halogens is 1. The lowest BCUT2D eigenvalue weighted by Crippen LogP contribution is -2.18. The summed E-state index contributed by atoms with van der Waals surface area (Å²) in [6, 6.07) is 18.6.